The Hall–Kier alpha value is -3.00. The first-order valence-corrected chi connectivity index (χ1v) is 11.4. The van der Waals surface area contributed by atoms with E-state index < -0.39 is 0 Å². The predicted molar refractivity (Wildman–Crippen MR) is 130 cm³/mol. The molecule has 5 rings (SSSR count). The Morgan fingerprint density at radius 2 is 1.81 bits per heavy atom. The molecule has 1 saturated heterocycles. The van der Waals surface area contributed by atoms with Crippen LogP contribution in [0.5, 0.6) is 0 Å². The number of amides is 1. The largest absolute Gasteiger partial charge is 0.436 e. The second-order valence-electron chi connectivity index (χ2n) is 7.79. The number of nitrogens with zero attached hydrogens (tertiary/aromatic N) is 2. The van der Waals surface area contributed by atoms with Crippen LogP contribution in [0.25, 0.3) is 22.6 Å². The number of hydrogen-bond acceptors (Lipinski definition) is 5. The van der Waals surface area contributed by atoms with E-state index in [1.165, 1.54) is 0 Å². The minimum Gasteiger partial charge on any atom is -0.436 e. The van der Waals surface area contributed by atoms with Crippen LogP contribution in [-0.4, -0.2) is 42.0 Å². The molecule has 0 spiro atoms. The summed E-state index contributed by atoms with van der Waals surface area (Å²) in [5.74, 6) is 0.302. The zero-order valence-electron chi connectivity index (χ0n) is 17.5. The molecule has 7 heteroatoms. The van der Waals surface area contributed by atoms with Gasteiger partial charge in [-0.1, -0.05) is 36.4 Å². The van der Waals surface area contributed by atoms with Gasteiger partial charge in [0.15, 0.2) is 5.58 Å². The molecule has 1 amide bonds. The zero-order valence-corrected chi connectivity index (χ0v) is 19.1. The van der Waals surface area contributed by atoms with Gasteiger partial charge in [-0.25, -0.2) is 4.98 Å². The molecule has 4 aromatic rings. The topological polar surface area (TPSA) is 70.4 Å². The van der Waals surface area contributed by atoms with Gasteiger partial charge < -0.3 is 15.1 Å². The SMILES string of the molecule is O=C(Nc1ccccc1-c1nc2cccc(CN3CCNCC3)c2o1)c1ccccc1Br. The Morgan fingerprint density at radius 3 is 2.66 bits per heavy atom. The lowest BCUT2D eigenvalue weighted by molar-refractivity contribution is 0.102. The highest BCUT2D eigenvalue weighted by atomic mass is 79.9. The number of carbonyl (C=O) groups is 1. The van der Waals surface area contributed by atoms with Gasteiger partial charge >= 0.3 is 0 Å². The van der Waals surface area contributed by atoms with Gasteiger partial charge in [-0.2, -0.15) is 0 Å². The number of nitrogens with one attached hydrogen (secondary N) is 2. The summed E-state index contributed by atoms with van der Waals surface area (Å²) in [5.41, 5.74) is 4.71. The van der Waals surface area contributed by atoms with Crippen molar-refractivity contribution >= 4 is 38.6 Å². The number of benzene rings is 3. The average molecular weight is 491 g/mol. The summed E-state index contributed by atoms with van der Waals surface area (Å²) in [5, 5.41) is 6.39. The fraction of sp³-hybridized carbons (Fsp3) is 0.200. The molecular weight excluding hydrogens is 468 g/mol. The van der Waals surface area contributed by atoms with Crippen molar-refractivity contribution in [3.63, 3.8) is 0 Å². The second-order valence-corrected chi connectivity index (χ2v) is 8.64. The lowest BCUT2D eigenvalue weighted by Crippen LogP contribution is -2.42. The molecule has 2 N–H and O–H groups in total. The number of piperazine rings is 1. The first-order chi connectivity index (χ1) is 15.7. The molecule has 0 saturated carbocycles. The van der Waals surface area contributed by atoms with Gasteiger partial charge in [-0.05, 0) is 46.3 Å². The van der Waals surface area contributed by atoms with Gasteiger partial charge in [0.1, 0.15) is 5.52 Å². The molecule has 6 nitrogen and oxygen atoms in total. The molecule has 162 valence electrons. The Bertz CT molecular complexity index is 1260. The van der Waals surface area contributed by atoms with Gasteiger partial charge in [0, 0.05) is 42.8 Å². The maximum absolute atomic E-state index is 12.9. The molecule has 1 aliphatic rings. The standard InChI is InChI=1S/C25H23BrN4O2/c26-20-9-3-1-7-18(20)24(31)28-21-10-4-2-8-19(21)25-29-22-11-5-6-17(23(22)32-25)16-30-14-12-27-13-15-30/h1-11,27H,12-16H2,(H,28,31). The van der Waals surface area contributed by atoms with Crippen molar-refractivity contribution in [1.82, 2.24) is 15.2 Å². The molecule has 1 aliphatic heterocycles. The Labute approximate surface area is 194 Å². The number of rotatable bonds is 5. The van der Waals surface area contributed by atoms with Crippen LogP contribution in [-0.2, 0) is 6.54 Å². The molecule has 32 heavy (non-hydrogen) atoms. The Balaban J connectivity index is 1.46. The minimum absolute atomic E-state index is 0.194. The number of para-hydroxylation sites is 2. The summed E-state index contributed by atoms with van der Waals surface area (Å²) in [6.45, 7) is 4.86. The summed E-state index contributed by atoms with van der Waals surface area (Å²) in [6.07, 6.45) is 0. The number of anilines is 1. The number of hydrogen-bond donors (Lipinski definition) is 2. The lowest BCUT2D eigenvalue weighted by atomic mass is 10.1. The van der Waals surface area contributed by atoms with Crippen molar-refractivity contribution in [1.29, 1.82) is 0 Å². The number of carbonyl (C=O) groups excluding carboxylic acids is 1. The number of aromatic nitrogens is 1. The van der Waals surface area contributed by atoms with E-state index in [0.29, 0.717) is 17.1 Å². The number of oxazole rings is 1. The molecular formula is C25H23BrN4O2. The van der Waals surface area contributed by atoms with Gasteiger partial charge in [0.2, 0.25) is 5.89 Å². The van der Waals surface area contributed by atoms with Crippen LogP contribution in [0.3, 0.4) is 0 Å². The van der Waals surface area contributed by atoms with Crippen LogP contribution in [0.2, 0.25) is 0 Å². The van der Waals surface area contributed by atoms with Crippen molar-refractivity contribution < 1.29 is 9.21 Å². The fourth-order valence-electron chi connectivity index (χ4n) is 3.97. The van der Waals surface area contributed by atoms with Crippen LogP contribution < -0.4 is 10.6 Å². The molecule has 0 radical (unpaired) electrons. The van der Waals surface area contributed by atoms with E-state index in [0.717, 1.165) is 59.4 Å². The summed E-state index contributed by atoms with van der Waals surface area (Å²) in [6, 6.07) is 21.0. The molecule has 1 aromatic heterocycles. The maximum atomic E-state index is 12.9. The molecule has 0 aliphatic carbocycles. The summed E-state index contributed by atoms with van der Waals surface area (Å²) >= 11 is 3.45. The third-order valence-corrected chi connectivity index (χ3v) is 6.32. The third kappa shape index (κ3) is 4.32. The van der Waals surface area contributed by atoms with Crippen LogP contribution >= 0.6 is 15.9 Å². The van der Waals surface area contributed by atoms with Crippen LogP contribution in [0.1, 0.15) is 15.9 Å². The quantitative estimate of drug-likeness (QED) is 0.415. The first-order valence-electron chi connectivity index (χ1n) is 10.7. The molecule has 3 aromatic carbocycles. The number of halogens is 1. The predicted octanol–water partition coefficient (Wildman–Crippen LogP) is 4.91. The highest BCUT2D eigenvalue weighted by Crippen LogP contribution is 2.32. The highest BCUT2D eigenvalue weighted by molar-refractivity contribution is 9.10. The minimum atomic E-state index is -0.194. The van der Waals surface area contributed by atoms with Crippen molar-refractivity contribution in [3.8, 4) is 11.5 Å². The van der Waals surface area contributed by atoms with Crippen LogP contribution in [0.4, 0.5) is 5.69 Å². The third-order valence-electron chi connectivity index (χ3n) is 5.62. The van der Waals surface area contributed by atoms with Crippen LogP contribution in [0, 0.1) is 0 Å². The molecule has 0 unspecified atom stereocenters. The first kappa shape index (κ1) is 20.9. The van der Waals surface area contributed by atoms with Crippen molar-refractivity contribution in [3.05, 3.63) is 82.3 Å². The molecule has 2 heterocycles. The van der Waals surface area contributed by atoms with Crippen molar-refractivity contribution in [2.75, 3.05) is 31.5 Å². The molecule has 0 bridgehead atoms. The van der Waals surface area contributed by atoms with E-state index in [4.69, 9.17) is 9.40 Å². The summed E-state index contributed by atoms with van der Waals surface area (Å²) < 4.78 is 7.01. The summed E-state index contributed by atoms with van der Waals surface area (Å²) in [4.78, 5) is 20.0. The van der Waals surface area contributed by atoms with E-state index in [1.807, 2.05) is 54.6 Å². The van der Waals surface area contributed by atoms with E-state index in [-0.39, 0.29) is 5.91 Å². The lowest BCUT2D eigenvalue weighted by Gasteiger charge is -2.27. The Kier molecular flexibility index (Phi) is 6.03. The Morgan fingerprint density at radius 1 is 1.03 bits per heavy atom. The average Bonchev–Trinajstić information content (AvgIpc) is 3.26. The number of fused-ring (bicyclic) bond motifs is 1. The van der Waals surface area contributed by atoms with Gasteiger partial charge in [-0.15, -0.1) is 0 Å². The van der Waals surface area contributed by atoms with Gasteiger partial charge in [0.25, 0.3) is 5.91 Å². The monoisotopic (exact) mass is 490 g/mol. The van der Waals surface area contributed by atoms with Crippen molar-refractivity contribution in [2.45, 2.75) is 6.54 Å². The highest BCUT2D eigenvalue weighted by Gasteiger charge is 2.18. The molecule has 1 fully saturated rings. The van der Waals surface area contributed by atoms with E-state index in [2.05, 4.69) is 37.5 Å². The smallest absolute Gasteiger partial charge is 0.256 e. The van der Waals surface area contributed by atoms with E-state index in [9.17, 15) is 4.79 Å². The normalized spacial score (nSPS) is 14.5. The summed E-state index contributed by atoms with van der Waals surface area (Å²) in [7, 11) is 0. The van der Waals surface area contributed by atoms with Crippen LogP contribution in [0.15, 0.2) is 75.6 Å². The molecule has 0 atom stereocenters. The van der Waals surface area contributed by atoms with Gasteiger partial charge in [-0.3, -0.25) is 9.69 Å². The maximum Gasteiger partial charge on any atom is 0.256 e. The second kappa shape index (κ2) is 9.24. The van der Waals surface area contributed by atoms with Gasteiger partial charge in [0.05, 0.1) is 16.8 Å². The van der Waals surface area contributed by atoms with E-state index in [1.54, 1.807) is 6.07 Å². The van der Waals surface area contributed by atoms with Crippen molar-refractivity contribution in [2.24, 2.45) is 0 Å². The van der Waals surface area contributed by atoms with E-state index >= 15 is 0 Å². The fourth-order valence-corrected chi connectivity index (χ4v) is 4.43. The zero-order chi connectivity index (χ0) is 21.9.